The van der Waals surface area contributed by atoms with E-state index in [4.69, 9.17) is 4.42 Å². The van der Waals surface area contributed by atoms with Crippen molar-refractivity contribution in [2.45, 2.75) is 13.0 Å². The zero-order valence-electron chi connectivity index (χ0n) is 15.2. The van der Waals surface area contributed by atoms with Gasteiger partial charge in [0.15, 0.2) is 5.96 Å². The highest BCUT2D eigenvalue weighted by atomic mass is 19.1. The molecule has 0 unspecified atom stereocenters. The largest absolute Gasteiger partial charge is 0.444 e. The van der Waals surface area contributed by atoms with E-state index >= 15 is 0 Å². The van der Waals surface area contributed by atoms with Crippen LogP contribution in [0.5, 0.6) is 0 Å². The summed E-state index contributed by atoms with van der Waals surface area (Å²) in [4.78, 5) is 8.41. The lowest BCUT2D eigenvalue weighted by atomic mass is 10.2. The van der Waals surface area contributed by atoms with E-state index in [-0.39, 0.29) is 17.9 Å². The summed E-state index contributed by atoms with van der Waals surface area (Å²) in [6.07, 6.45) is 2.10. The molecule has 3 aromatic rings. The quantitative estimate of drug-likeness (QED) is 0.500. The van der Waals surface area contributed by atoms with E-state index in [1.54, 1.807) is 25.4 Å². The number of nitrogens with one attached hydrogen (secondary N) is 2. The van der Waals surface area contributed by atoms with Gasteiger partial charge in [-0.1, -0.05) is 0 Å². The van der Waals surface area contributed by atoms with Crippen molar-refractivity contribution in [1.82, 2.24) is 15.6 Å². The van der Waals surface area contributed by atoms with Gasteiger partial charge in [-0.2, -0.15) is 0 Å². The van der Waals surface area contributed by atoms with Gasteiger partial charge in [-0.3, -0.25) is 4.99 Å². The molecule has 2 N–H and O–H groups in total. The van der Waals surface area contributed by atoms with Crippen LogP contribution in [-0.2, 0) is 13.0 Å². The van der Waals surface area contributed by atoms with Crippen LogP contribution in [0.1, 0.15) is 11.3 Å². The maximum Gasteiger partial charge on any atom is 0.226 e. The second-order valence-electron chi connectivity index (χ2n) is 5.99. The first-order chi connectivity index (χ1) is 13.5. The van der Waals surface area contributed by atoms with Crippen LogP contribution in [0.2, 0.25) is 0 Å². The third-order valence-electron chi connectivity index (χ3n) is 3.99. The predicted molar refractivity (Wildman–Crippen MR) is 100 cm³/mol. The molecule has 0 aliphatic rings. The maximum absolute atomic E-state index is 13.7. The summed E-state index contributed by atoms with van der Waals surface area (Å²) in [5.41, 5.74) is 1.62. The fourth-order valence-corrected chi connectivity index (χ4v) is 2.53. The van der Waals surface area contributed by atoms with Crippen molar-refractivity contribution in [1.29, 1.82) is 0 Å². The maximum atomic E-state index is 13.7. The normalized spacial score (nSPS) is 11.5. The molecule has 0 saturated heterocycles. The predicted octanol–water partition coefficient (Wildman–Crippen LogP) is 3.67. The van der Waals surface area contributed by atoms with Crippen LogP contribution in [0.3, 0.4) is 0 Å². The Labute approximate surface area is 160 Å². The van der Waals surface area contributed by atoms with Crippen LogP contribution < -0.4 is 10.6 Å². The first kappa shape index (κ1) is 19.5. The first-order valence-electron chi connectivity index (χ1n) is 8.64. The number of oxazole rings is 1. The number of aliphatic imine (C=N–C) groups is 1. The molecule has 0 radical (unpaired) electrons. The van der Waals surface area contributed by atoms with Crippen LogP contribution in [-0.4, -0.2) is 24.5 Å². The Bertz CT molecular complexity index is 954. The molecule has 3 rings (SSSR count). The summed E-state index contributed by atoms with van der Waals surface area (Å²) < 4.78 is 45.3. The second-order valence-corrected chi connectivity index (χ2v) is 5.99. The second kappa shape index (κ2) is 9.07. The molecule has 0 aliphatic carbocycles. The molecule has 2 aromatic carbocycles. The van der Waals surface area contributed by atoms with E-state index in [0.29, 0.717) is 30.4 Å². The smallest absolute Gasteiger partial charge is 0.226 e. The molecule has 0 atom stereocenters. The van der Waals surface area contributed by atoms with Gasteiger partial charge in [0.1, 0.15) is 23.7 Å². The van der Waals surface area contributed by atoms with Gasteiger partial charge in [0.25, 0.3) is 0 Å². The first-order valence-corrected chi connectivity index (χ1v) is 8.64. The van der Waals surface area contributed by atoms with Crippen molar-refractivity contribution in [2.24, 2.45) is 4.99 Å². The lowest BCUT2D eigenvalue weighted by molar-refractivity contribution is 0.571. The zero-order chi connectivity index (χ0) is 19.9. The van der Waals surface area contributed by atoms with Crippen LogP contribution in [0, 0.1) is 17.5 Å². The van der Waals surface area contributed by atoms with Crippen molar-refractivity contribution >= 4 is 5.96 Å². The number of aromatic nitrogens is 1. The van der Waals surface area contributed by atoms with Crippen molar-refractivity contribution < 1.29 is 17.6 Å². The van der Waals surface area contributed by atoms with E-state index in [0.717, 1.165) is 23.9 Å². The van der Waals surface area contributed by atoms with Gasteiger partial charge in [0.05, 0.1) is 5.69 Å². The monoisotopic (exact) mass is 388 g/mol. The highest BCUT2D eigenvalue weighted by molar-refractivity contribution is 5.79. The molecule has 0 bridgehead atoms. The SMILES string of the molecule is CN=C(NCCc1coc(-c2ccc(F)cc2)n1)NCc1cc(F)ccc1F. The number of nitrogens with zero attached hydrogens (tertiary/aromatic N) is 2. The highest BCUT2D eigenvalue weighted by Crippen LogP contribution is 2.19. The number of hydrogen-bond donors (Lipinski definition) is 2. The molecule has 5 nitrogen and oxygen atoms in total. The molecular weight excluding hydrogens is 369 g/mol. The molecule has 0 amide bonds. The molecule has 8 heteroatoms. The fourth-order valence-electron chi connectivity index (χ4n) is 2.53. The molecule has 0 fully saturated rings. The van der Waals surface area contributed by atoms with Crippen molar-refractivity contribution in [2.75, 3.05) is 13.6 Å². The van der Waals surface area contributed by atoms with E-state index < -0.39 is 11.6 Å². The van der Waals surface area contributed by atoms with Gasteiger partial charge >= 0.3 is 0 Å². The molecule has 1 heterocycles. The number of hydrogen-bond acceptors (Lipinski definition) is 3. The number of benzene rings is 2. The minimum absolute atomic E-state index is 0.0991. The van der Waals surface area contributed by atoms with E-state index in [1.807, 2.05) is 0 Å². The number of halogens is 3. The lowest BCUT2D eigenvalue weighted by Crippen LogP contribution is -2.38. The number of rotatable bonds is 6. The Morgan fingerprint density at radius 3 is 2.54 bits per heavy atom. The summed E-state index contributed by atoms with van der Waals surface area (Å²) >= 11 is 0. The van der Waals surface area contributed by atoms with Gasteiger partial charge in [-0.05, 0) is 42.5 Å². The minimum Gasteiger partial charge on any atom is -0.444 e. The summed E-state index contributed by atoms with van der Waals surface area (Å²) in [5, 5.41) is 6.00. The molecule has 1 aromatic heterocycles. The lowest BCUT2D eigenvalue weighted by Gasteiger charge is -2.12. The fraction of sp³-hybridized carbons (Fsp3) is 0.200. The average molecular weight is 388 g/mol. The molecule has 0 aliphatic heterocycles. The van der Waals surface area contributed by atoms with Crippen LogP contribution >= 0.6 is 0 Å². The Morgan fingerprint density at radius 2 is 1.79 bits per heavy atom. The van der Waals surface area contributed by atoms with Crippen LogP contribution in [0.4, 0.5) is 13.2 Å². The summed E-state index contributed by atoms with van der Waals surface area (Å²) in [6.45, 7) is 0.600. The van der Waals surface area contributed by atoms with Crippen molar-refractivity contribution in [3.05, 3.63) is 77.4 Å². The van der Waals surface area contributed by atoms with Crippen molar-refractivity contribution in [3.8, 4) is 11.5 Å². The van der Waals surface area contributed by atoms with E-state index in [2.05, 4.69) is 20.6 Å². The summed E-state index contributed by atoms with van der Waals surface area (Å²) in [7, 11) is 1.58. The number of guanidine groups is 1. The van der Waals surface area contributed by atoms with Gasteiger partial charge in [0.2, 0.25) is 5.89 Å². The zero-order valence-corrected chi connectivity index (χ0v) is 15.2. The standard InChI is InChI=1S/C20H19F3N4O/c1-24-20(26-11-14-10-16(22)6-7-18(14)23)25-9-8-17-12-28-19(27-17)13-2-4-15(21)5-3-13/h2-7,10,12H,8-9,11H2,1H3,(H2,24,25,26). The van der Waals surface area contributed by atoms with E-state index in [1.165, 1.54) is 12.1 Å². The van der Waals surface area contributed by atoms with Crippen LogP contribution in [0.25, 0.3) is 11.5 Å². The van der Waals surface area contributed by atoms with Gasteiger partial charge in [0, 0.05) is 37.7 Å². The third-order valence-corrected chi connectivity index (χ3v) is 3.99. The Morgan fingerprint density at radius 1 is 1.04 bits per heavy atom. The average Bonchev–Trinajstić information content (AvgIpc) is 3.16. The Hall–Kier alpha value is -3.29. The Balaban J connectivity index is 1.49. The molecule has 0 saturated carbocycles. The molecule has 28 heavy (non-hydrogen) atoms. The third kappa shape index (κ3) is 5.12. The highest BCUT2D eigenvalue weighted by Gasteiger charge is 2.08. The molecule has 0 spiro atoms. The molecule has 146 valence electrons. The van der Waals surface area contributed by atoms with Gasteiger partial charge in [-0.15, -0.1) is 0 Å². The van der Waals surface area contributed by atoms with E-state index in [9.17, 15) is 13.2 Å². The van der Waals surface area contributed by atoms with Crippen molar-refractivity contribution in [3.63, 3.8) is 0 Å². The van der Waals surface area contributed by atoms with Gasteiger partial charge in [-0.25, -0.2) is 18.2 Å². The molecular formula is C20H19F3N4O. The minimum atomic E-state index is -0.496. The van der Waals surface area contributed by atoms with Gasteiger partial charge < -0.3 is 15.1 Å². The summed E-state index contributed by atoms with van der Waals surface area (Å²) in [6, 6.07) is 9.19. The Kier molecular flexibility index (Phi) is 6.31. The van der Waals surface area contributed by atoms with Crippen LogP contribution in [0.15, 0.2) is 58.1 Å². The summed E-state index contributed by atoms with van der Waals surface area (Å²) in [5.74, 6) is -0.439. The topological polar surface area (TPSA) is 62.5 Å².